The highest BCUT2D eigenvalue weighted by Crippen LogP contribution is 2.48. The van der Waals surface area contributed by atoms with E-state index in [1.807, 2.05) is 67.3 Å². The van der Waals surface area contributed by atoms with Crippen LogP contribution in [-0.4, -0.2) is 12.9 Å². The van der Waals surface area contributed by atoms with E-state index in [9.17, 15) is 10.1 Å². The molecule has 2 N–H and O–H groups in total. The molecule has 0 bridgehead atoms. The van der Waals surface area contributed by atoms with E-state index < -0.39 is 5.92 Å². The maximum Gasteiger partial charge on any atom is 0.161 e. The van der Waals surface area contributed by atoms with Crippen molar-refractivity contribution in [3.8, 4) is 17.6 Å². The Kier molecular flexibility index (Phi) is 7.18. The predicted octanol–water partition coefficient (Wildman–Crippen LogP) is 7.35. The number of ketones is 1. The van der Waals surface area contributed by atoms with Crippen LogP contribution in [0.4, 0.5) is 5.69 Å². The molecule has 0 radical (unpaired) electrons. The van der Waals surface area contributed by atoms with E-state index in [0.717, 1.165) is 62.3 Å². The fraction of sp³-hybridized carbons (Fsp3) is 0.222. The smallest absolute Gasteiger partial charge is 0.161 e. The highest BCUT2D eigenvalue weighted by Gasteiger charge is 2.41. The maximum atomic E-state index is 13.8. The van der Waals surface area contributed by atoms with Gasteiger partial charge in [0.2, 0.25) is 0 Å². The van der Waals surface area contributed by atoms with E-state index >= 15 is 0 Å². The summed E-state index contributed by atoms with van der Waals surface area (Å²) in [6.07, 6.45) is 1.91. The Morgan fingerprint density at radius 1 is 0.976 bits per heavy atom. The van der Waals surface area contributed by atoms with Crippen molar-refractivity contribution in [1.82, 2.24) is 0 Å². The number of anilines is 1. The third-order valence-corrected chi connectivity index (χ3v) is 8.39. The van der Waals surface area contributed by atoms with Crippen molar-refractivity contribution in [2.24, 2.45) is 5.73 Å². The molecule has 0 fully saturated rings. The number of allylic oxidation sites excluding steroid dienone is 3. The van der Waals surface area contributed by atoms with Gasteiger partial charge in [0.05, 0.1) is 30.4 Å². The molecule has 1 atom stereocenters. The Bertz CT molecular complexity index is 1810. The van der Waals surface area contributed by atoms with Crippen molar-refractivity contribution in [1.29, 1.82) is 5.26 Å². The number of carbonyl (C=O) groups excluding carboxylic acids is 1. The molecule has 1 unspecified atom stereocenters. The van der Waals surface area contributed by atoms with Crippen molar-refractivity contribution in [3.63, 3.8) is 0 Å². The molecule has 0 aromatic heterocycles. The first kappa shape index (κ1) is 27.2. The molecular formula is C36H33N3O3. The minimum absolute atomic E-state index is 0.0728. The summed E-state index contributed by atoms with van der Waals surface area (Å²) in [7, 11) is 1.63. The molecule has 1 aliphatic carbocycles. The fourth-order valence-electron chi connectivity index (χ4n) is 6.32. The van der Waals surface area contributed by atoms with E-state index in [4.69, 9.17) is 15.2 Å². The third kappa shape index (κ3) is 4.67. The molecule has 0 saturated carbocycles. The van der Waals surface area contributed by atoms with E-state index in [2.05, 4.69) is 36.4 Å². The zero-order chi connectivity index (χ0) is 29.4. The maximum absolute atomic E-state index is 13.8. The molecule has 0 saturated heterocycles. The third-order valence-electron chi connectivity index (χ3n) is 8.39. The van der Waals surface area contributed by atoms with E-state index in [1.165, 1.54) is 0 Å². The van der Waals surface area contributed by atoms with Gasteiger partial charge in [0.25, 0.3) is 0 Å². The largest absolute Gasteiger partial charge is 0.497 e. The van der Waals surface area contributed by atoms with Crippen LogP contribution in [0.1, 0.15) is 47.4 Å². The topological polar surface area (TPSA) is 88.6 Å². The molecule has 4 aromatic rings. The number of benzene rings is 4. The highest BCUT2D eigenvalue weighted by atomic mass is 16.5. The summed E-state index contributed by atoms with van der Waals surface area (Å²) in [4.78, 5) is 15.7. The fourth-order valence-corrected chi connectivity index (χ4v) is 6.32. The van der Waals surface area contributed by atoms with Crippen LogP contribution < -0.4 is 20.1 Å². The predicted molar refractivity (Wildman–Crippen MR) is 165 cm³/mol. The molecule has 4 aromatic carbocycles. The summed E-state index contributed by atoms with van der Waals surface area (Å²) in [5, 5.41) is 12.7. The van der Waals surface area contributed by atoms with Crippen molar-refractivity contribution >= 4 is 22.2 Å². The number of hydrogen-bond donors (Lipinski definition) is 1. The summed E-state index contributed by atoms with van der Waals surface area (Å²) in [6, 6.07) is 28.3. The molecule has 210 valence electrons. The van der Waals surface area contributed by atoms with Crippen LogP contribution in [0.5, 0.6) is 11.5 Å². The summed E-state index contributed by atoms with van der Waals surface area (Å²) < 4.78 is 11.4. The number of nitrogens with zero attached hydrogens (tertiary/aromatic N) is 2. The number of nitrogens with two attached hydrogens (primary N) is 1. The number of aryl methyl sites for hydroxylation is 1. The van der Waals surface area contributed by atoms with Crippen LogP contribution in [0.15, 0.2) is 102 Å². The number of nitriles is 1. The summed E-state index contributed by atoms with van der Waals surface area (Å²) in [5.41, 5.74) is 13.7. The van der Waals surface area contributed by atoms with Crippen LogP contribution in [0.3, 0.4) is 0 Å². The van der Waals surface area contributed by atoms with Gasteiger partial charge in [-0.3, -0.25) is 9.69 Å². The molecule has 2 aliphatic rings. The monoisotopic (exact) mass is 555 g/mol. The lowest BCUT2D eigenvalue weighted by Crippen LogP contribution is -2.39. The number of carbonyl (C=O) groups is 1. The Balaban J connectivity index is 1.48. The van der Waals surface area contributed by atoms with Crippen molar-refractivity contribution in [3.05, 3.63) is 124 Å². The molecule has 6 rings (SSSR count). The molecule has 1 heterocycles. The van der Waals surface area contributed by atoms with Gasteiger partial charge in [-0.15, -0.1) is 0 Å². The number of methoxy groups -OCH3 is 1. The average molecular weight is 556 g/mol. The van der Waals surface area contributed by atoms with Gasteiger partial charge in [0, 0.05) is 23.1 Å². The van der Waals surface area contributed by atoms with E-state index in [-0.39, 0.29) is 5.78 Å². The lowest BCUT2D eigenvalue weighted by molar-refractivity contribution is -0.116. The first-order valence-electron chi connectivity index (χ1n) is 14.2. The van der Waals surface area contributed by atoms with Crippen molar-refractivity contribution in [2.75, 3.05) is 12.0 Å². The van der Waals surface area contributed by atoms with Gasteiger partial charge in [-0.2, -0.15) is 5.26 Å². The molecular weight excluding hydrogens is 522 g/mol. The molecule has 42 heavy (non-hydrogen) atoms. The van der Waals surface area contributed by atoms with Gasteiger partial charge in [-0.1, -0.05) is 54.1 Å². The number of Topliss-reactive ketones (excluding diaryl/α,β-unsaturated/α-hetero) is 1. The van der Waals surface area contributed by atoms with E-state index in [0.29, 0.717) is 36.4 Å². The zero-order valence-electron chi connectivity index (χ0n) is 24.1. The second-order valence-corrected chi connectivity index (χ2v) is 10.9. The van der Waals surface area contributed by atoms with Gasteiger partial charge < -0.3 is 15.2 Å². The van der Waals surface area contributed by atoms with Crippen molar-refractivity contribution in [2.45, 2.75) is 45.6 Å². The molecule has 6 heteroatoms. The minimum Gasteiger partial charge on any atom is -0.497 e. The second-order valence-electron chi connectivity index (χ2n) is 10.9. The Morgan fingerprint density at radius 3 is 2.48 bits per heavy atom. The SMILES string of the molecule is COc1ccc(OCc2cc(C)cc(C3C(C#N)=C(N)N(c4cccc5ccccc45)C4=C3C(=O)CCC4)c2C)cc1. The molecule has 0 spiro atoms. The van der Waals surface area contributed by atoms with Crippen LogP contribution in [0.25, 0.3) is 10.8 Å². The number of hydrogen-bond acceptors (Lipinski definition) is 6. The molecule has 6 nitrogen and oxygen atoms in total. The first-order chi connectivity index (χ1) is 20.4. The number of fused-ring (bicyclic) bond motifs is 1. The average Bonchev–Trinajstić information content (AvgIpc) is 3.01. The van der Waals surface area contributed by atoms with E-state index in [1.54, 1.807) is 7.11 Å². The highest BCUT2D eigenvalue weighted by molar-refractivity contribution is 6.03. The lowest BCUT2D eigenvalue weighted by atomic mass is 9.73. The van der Waals surface area contributed by atoms with Gasteiger partial charge in [-0.05, 0) is 79.1 Å². The second kappa shape index (κ2) is 11.1. The quantitative estimate of drug-likeness (QED) is 0.268. The van der Waals surface area contributed by atoms with Crippen LogP contribution in [0, 0.1) is 25.2 Å². The summed E-state index contributed by atoms with van der Waals surface area (Å²) >= 11 is 0. The molecule has 0 amide bonds. The minimum atomic E-state index is -0.538. The number of rotatable bonds is 6. The Hall–Kier alpha value is -5.02. The Labute approximate surface area is 246 Å². The van der Waals surface area contributed by atoms with Crippen molar-refractivity contribution < 1.29 is 14.3 Å². The van der Waals surface area contributed by atoms with Gasteiger partial charge >= 0.3 is 0 Å². The standard InChI is InChI=1S/C36H33N3O3/c1-22-18-25(21-42-27-16-14-26(41-3)15-17-27)23(2)29(19-22)34-30(20-37)36(38)39(32-12-7-13-33(40)35(32)34)31-11-6-9-24-8-4-5-10-28(24)31/h4-6,8-11,14-19,34H,7,12-13,21,38H2,1-3H3. The van der Waals surface area contributed by atoms with Gasteiger partial charge in [-0.25, -0.2) is 0 Å². The summed E-state index contributed by atoms with van der Waals surface area (Å²) in [5.74, 6) is 1.41. The normalized spacial score (nSPS) is 16.9. The van der Waals surface area contributed by atoms with Gasteiger partial charge in [0.15, 0.2) is 5.78 Å². The Morgan fingerprint density at radius 2 is 1.71 bits per heavy atom. The van der Waals surface area contributed by atoms with Crippen LogP contribution in [-0.2, 0) is 11.4 Å². The van der Waals surface area contributed by atoms with Gasteiger partial charge in [0.1, 0.15) is 23.9 Å². The number of ether oxygens (including phenoxy) is 2. The lowest BCUT2D eigenvalue weighted by Gasteiger charge is -2.40. The molecule has 1 aliphatic heterocycles. The van der Waals surface area contributed by atoms with Crippen LogP contribution in [0.2, 0.25) is 0 Å². The zero-order valence-corrected chi connectivity index (χ0v) is 24.1. The van der Waals surface area contributed by atoms with Crippen LogP contribution >= 0.6 is 0 Å². The first-order valence-corrected chi connectivity index (χ1v) is 14.2. The summed E-state index contributed by atoms with van der Waals surface area (Å²) in [6.45, 7) is 4.42.